The minimum Gasteiger partial charge on any atom is -0.481 e. The van der Waals surface area contributed by atoms with Gasteiger partial charge in [0.15, 0.2) is 5.78 Å². The summed E-state index contributed by atoms with van der Waals surface area (Å²) < 4.78 is 64.6. The normalized spacial score (nSPS) is 16.0. The molecule has 29 heteroatoms. The van der Waals surface area contributed by atoms with Crippen LogP contribution >= 0.6 is 0 Å². The van der Waals surface area contributed by atoms with Gasteiger partial charge in [-0.25, -0.2) is 9.97 Å². The molecule has 0 amide bonds. The number of allylic oxidation sites excluding steroid dienone is 1. The van der Waals surface area contributed by atoms with E-state index in [0.717, 1.165) is 304 Å². The molecule has 8 aromatic carbocycles. The first-order valence-electron chi connectivity index (χ1n) is 50.3. The van der Waals surface area contributed by atoms with Crippen molar-refractivity contribution in [3.63, 3.8) is 0 Å². The van der Waals surface area contributed by atoms with E-state index in [1.165, 1.54) is 18.1 Å². The van der Waals surface area contributed by atoms with Gasteiger partial charge in [-0.1, -0.05) is 66.7 Å². The van der Waals surface area contributed by atoms with Crippen LogP contribution in [-0.4, -0.2) is 178 Å². The van der Waals surface area contributed by atoms with Crippen LogP contribution in [0.3, 0.4) is 0 Å². The number of nitrogens with one attached hydrogen (secondary N) is 5. The number of aromatic nitrogens is 7. The van der Waals surface area contributed by atoms with Crippen molar-refractivity contribution in [2.24, 2.45) is 0 Å². The van der Waals surface area contributed by atoms with E-state index in [9.17, 15) is 9.59 Å². The highest BCUT2D eigenvalue weighted by Crippen LogP contribution is 2.50. The molecule has 754 valence electrons. The van der Waals surface area contributed by atoms with Gasteiger partial charge in [0.25, 0.3) is 0 Å². The average molecular weight is 1980 g/mol. The number of Topliss-reactive ketones (excluding diaryl/α,β-unsaturated/α-hetero) is 1. The zero-order valence-corrected chi connectivity index (χ0v) is 84.0. The van der Waals surface area contributed by atoms with Gasteiger partial charge >= 0.3 is 0 Å². The fraction of sp³-hybridized carbons (Fsp3) is 0.261. The molecule has 0 saturated carbocycles. The lowest BCUT2D eigenvalue weighted by Gasteiger charge is -2.34. The number of ketones is 1. The van der Waals surface area contributed by atoms with Crippen LogP contribution in [0.1, 0.15) is 123 Å². The standard InChI is InChI=1S/C30H32N4O3.C30H30N4O3.C29H28N4O3.C23H23N3O3.C7H7NO/c2*1-20(22-6-4-10-31-19-22)32-24-8-9-28-23(16-24)15-21-5-3-7-26(30(21)37-28)27-17-25(18-29(33-27)35-2)34-11-13-36-14-12-34;1-19(21-5-3-9-30-18-21)31-23-7-8-27-22(15-23)14-20-4-2-6-25(29(20)36-27)26-16-24(17-28(34)32-26)33-10-12-35-13-11-33;1-27-22-14-18(26-7-9-28-10-8-26)13-20(25-22)19-4-2-3-15-11-16-12-17(24)5-6-21(16)29-23(15)19;1-6(9)7-3-2-4-8-5-7/h3-10,16-20,29,32-33H,11-15H2,1-2H3;3-10,16-20,32H,11-15H2,1-2H3;2-9,15-19,31H,10-14H2,1H3,(H,32,34);2-6,12-14H,7-11,24H2,1H3;2-5H,1H3. The van der Waals surface area contributed by atoms with Gasteiger partial charge in [-0.3, -0.25) is 29.5 Å². The summed E-state index contributed by atoms with van der Waals surface area (Å²) in [6.07, 6.45) is 21.5. The van der Waals surface area contributed by atoms with Crippen molar-refractivity contribution in [3.8, 4) is 91.5 Å². The second kappa shape index (κ2) is 46.3. The number of benzene rings is 8. The molecule has 0 aliphatic carbocycles. The number of pyridine rings is 7. The molecule has 29 nitrogen and oxygen atoms in total. The summed E-state index contributed by atoms with van der Waals surface area (Å²) in [6, 6.07) is 77.5. The number of carbonyl (C=O) groups excluding carboxylic acids is 1. The van der Waals surface area contributed by atoms with Gasteiger partial charge in [0, 0.05) is 265 Å². The van der Waals surface area contributed by atoms with Gasteiger partial charge in [-0.05, 0) is 213 Å². The molecule has 4 saturated heterocycles. The number of para-hydroxylation sites is 4. The quantitative estimate of drug-likeness (QED) is 0.0287. The van der Waals surface area contributed by atoms with Gasteiger partial charge in [0.05, 0.1) is 102 Å². The van der Waals surface area contributed by atoms with Crippen LogP contribution in [0.4, 0.5) is 39.8 Å². The minimum atomic E-state index is -0.208. The molecule has 4 atom stereocenters. The Kier molecular flexibility index (Phi) is 30.9. The first-order valence-corrected chi connectivity index (χ1v) is 50.3. The van der Waals surface area contributed by atoms with Crippen LogP contribution in [0.2, 0.25) is 0 Å². The number of H-pyrrole nitrogens is 1. The molecule has 7 aromatic heterocycles. The lowest BCUT2D eigenvalue weighted by Crippen LogP contribution is -2.39. The maximum atomic E-state index is 12.6. The Morgan fingerprint density at radius 3 is 1.16 bits per heavy atom. The third kappa shape index (κ3) is 23.5. The predicted octanol–water partition coefficient (Wildman–Crippen LogP) is 21.2. The summed E-state index contributed by atoms with van der Waals surface area (Å²) in [7, 11) is 5.03. The summed E-state index contributed by atoms with van der Waals surface area (Å²) in [5.41, 5.74) is 34.4. The van der Waals surface area contributed by atoms with Crippen LogP contribution in [0.15, 0.2) is 303 Å². The molecule has 148 heavy (non-hydrogen) atoms. The highest BCUT2D eigenvalue weighted by atomic mass is 16.5. The molecular formula is C119H120N16O13. The van der Waals surface area contributed by atoms with E-state index in [1.54, 1.807) is 70.5 Å². The van der Waals surface area contributed by atoms with Gasteiger partial charge < -0.3 is 104 Å². The number of dihydropyridines is 1. The smallest absolute Gasteiger partial charge is 0.250 e. The number of hydrogen-bond acceptors (Lipinski definition) is 28. The van der Waals surface area contributed by atoms with E-state index in [0.29, 0.717) is 30.5 Å². The molecule has 7 N–H and O–H groups in total. The van der Waals surface area contributed by atoms with Crippen molar-refractivity contribution in [3.05, 3.63) is 381 Å². The van der Waals surface area contributed by atoms with Crippen LogP contribution in [0.25, 0.3) is 39.5 Å². The van der Waals surface area contributed by atoms with E-state index in [1.807, 2.05) is 116 Å². The topological polar surface area (TPSA) is 316 Å². The van der Waals surface area contributed by atoms with E-state index in [2.05, 4.69) is 214 Å². The van der Waals surface area contributed by atoms with E-state index in [-0.39, 0.29) is 35.7 Å². The number of ether oxygens (including phenoxy) is 11. The fourth-order valence-corrected chi connectivity index (χ4v) is 19.5. The number of nitrogens with two attached hydrogens (primary N) is 1. The predicted molar refractivity (Wildman–Crippen MR) is 578 cm³/mol. The van der Waals surface area contributed by atoms with Crippen molar-refractivity contribution in [2.45, 2.75) is 77.7 Å². The van der Waals surface area contributed by atoms with E-state index >= 15 is 0 Å². The average Bonchev–Trinajstić information content (AvgIpc) is 0.784. The van der Waals surface area contributed by atoms with Crippen molar-refractivity contribution >= 4 is 51.3 Å². The highest BCUT2D eigenvalue weighted by Gasteiger charge is 2.32. The Balaban J connectivity index is 0.000000116. The summed E-state index contributed by atoms with van der Waals surface area (Å²) in [4.78, 5) is 61.3. The van der Waals surface area contributed by atoms with Gasteiger partial charge in [0.2, 0.25) is 17.3 Å². The van der Waals surface area contributed by atoms with Crippen LogP contribution in [-0.2, 0) is 49.4 Å². The Morgan fingerprint density at radius 1 is 0.399 bits per heavy atom. The van der Waals surface area contributed by atoms with Crippen LogP contribution in [0.5, 0.6) is 57.8 Å². The molecule has 16 heterocycles. The lowest BCUT2D eigenvalue weighted by atomic mass is 9.95. The first-order chi connectivity index (χ1) is 72.5. The third-order valence-electron chi connectivity index (χ3n) is 27.4. The Morgan fingerprint density at radius 2 is 0.770 bits per heavy atom. The Labute approximate surface area is 861 Å². The van der Waals surface area contributed by atoms with Crippen molar-refractivity contribution < 1.29 is 56.9 Å². The number of aromatic amines is 1. The number of anilines is 7. The number of nitrogen functional groups attached to an aromatic ring is 1. The largest absolute Gasteiger partial charge is 0.481 e. The Bertz CT molecular complexity index is 7340. The number of nitrogens with zero attached hydrogens (tertiary/aromatic N) is 10. The van der Waals surface area contributed by atoms with Crippen LogP contribution in [0, 0.1) is 0 Å². The molecule has 9 aliphatic rings. The van der Waals surface area contributed by atoms with Gasteiger partial charge in [-0.2, -0.15) is 0 Å². The third-order valence-corrected chi connectivity index (χ3v) is 27.4. The number of carbonyl (C=O) groups is 1. The fourth-order valence-electron chi connectivity index (χ4n) is 19.5. The molecule has 9 aliphatic heterocycles. The van der Waals surface area contributed by atoms with Crippen LogP contribution < -0.4 is 75.7 Å². The summed E-state index contributed by atoms with van der Waals surface area (Å²) in [6.45, 7) is 20.3. The van der Waals surface area contributed by atoms with Crippen molar-refractivity contribution in [1.29, 1.82) is 0 Å². The molecule has 4 fully saturated rings. The first kappa shape index (κ1) is 98.9. The molecule has 0 spiro atoms. The highest BCUT2D eigenvalue weighted by molar-refractivity contribution is 5.93. The summed E-state index contributed by atoms with van der Waals surface area (Å²) >= 11 is 0. The molecular weight excluding hydrogens is 1860 g/mol. The summed E-state index contributed by atoms with van der Waals surface area (Å²) in [5.74, 6) is 8.07. The second-order valence-electron chi connectivity index (χ2n) is 37.4. The number of rotatable bonds is 21. The molecule has 0 radical (unpaired) electrons. The van der Waals surface area contributed by atoms with E-state index < -0.39 is 0 Å². The molecule has 15 aromatic rings. The zero-order chi connectivity index (χ0) is 101. The molecule has 0 bridgehead atoms. The number of methoxy groups -OCH3 is 3. The minimum absolute atomic E-state index is 0.0584. The number of morpholine rings is 4. The monoisotopic (exact) mass is 1980 g/mol. The second-order valence-corrected chi connectivity index (χ2v) is 37.4. The van der Waals surface area contributed by atoms with Crippen molar-refractivity contribution in [2.75, 3.05) is 163 Å². The van der Waals surface area contributed by atoms with E-state index in [4.69, 9.17) is 67.8 Å². The van der Waals surface area contributed by atoms with Crippen molar-refractivity contribution in [1.82, 2.24) is 45.1 Å². The molecule has 24 rings (SSSR count). The SMILES string of the molecule is CC(=O)c1cccnc1.CC(Nc1ccc2c(c1)Cc1cccc(-c3cc(N4CCOCC4)cc(=O)[nH]3)c1O2)c1cccnc1.COC1C=C(N2CCOCC2)C=C(c2cccc3c2Oc2ccc(NC(C)c4cccnc4)cc2C3)N1.COc1cc(N2CCOCC2)cc(-c2cccc3c2Oc2ccc(N)cc2C3)n1.COc1cc(N2CCOCC2)cc(-c2cccc3c2Oc2ccc(NC(C)c4cccnc4)cc2C3)n1. The summed E-state index contributed by atoms with van der Waals surface area (Å²) in [5, 5.41) is 14.3. The maximum Gasteiger partial charge on any atom is 0.250 e. The van der Waals surface area contributed by atoms with Gasteiger partial charge in [0.1, 0.15) is 52.2 Å². The zero-order valence-electron chi connectivity index (χ0n) is 84.0. The maximum absolute atomic E-state index is 12.6. The number of hydrogen-bond donors (Lipinski definition) is 6. The Hall–Kier alpha value is -16.4. The molecule has 4 unspecified atom stereocenters. The lowest BCUT2D eigenvalue weighted by molar-refractivity contribution is 0.0531. The number of fused-ring (bicyclic) bond motifs is 8. The van der Waals surface area contributed by atoms with Gasteiger partial charge in [-0.15, -0.1) is 0 Å².